The molecule has 0 aliphatic heterocycles. The molecule has 8 heteroatoms. The molecule has 4 N–H and O–H groups in total. The molecule has 1 rings (SSSR count). The summed E-state index contributed by atoms with van der Waals surface area (Å²) in [6.07, 6.45) is -1.21. The van der Waals surface area contributed by atoms with Crippen LogP contribution in [0.25, 0.3) is 0 Å². The van der Waals surface area contributed by atoms with Crippen LogP contribution in [0.2, 0.25) is 0 Å². The van der Waals surface area contributed by atoms with Gasteiger partial charge in [0.05, 0.1) is 11.9 Å². The monoisotopic (exact) mass is 285 g/mol. The molecule has 0 aliphatic carbocycles. The van der Waals surface area contributed by atoms with Crippen molar-refractivity contribution in [2.75, 3.05) is 6.54 Å². The summed E-state index contributed by atoms with van der Waals surface area (Å²) in [4.78, 5) is 28.7. The number of carbonyl (C=O) groups excluding carboxylic acids is 1. The SMILES string of the molecule is CC(C)(C)OC(=O)NCC(O)C(O)c1cnc[nH]c1=O. The number of nitrogens with one attached hydrogen (secondary N) is 2. The summed E-state index contributed by atoms with van der Waals surface area (Å²) >= 11 is 0. The fraction of sp³-hybridized carbons (Fsp3) is 0.583. The molecular weight excluding hydrogens is 266 g/mol. The highest BCUT2D eigenvalue weighted by molar-refractivity contribution is 5.67. The van der Waals surface area contributed by atoms with Crippen molar-refractivity contribution in [2.24, 2.45) is 0 Å². The highest BCUT2D eigenvalue weighted by atomic mass is 16.6. The number of carbonyl (C=O) groups is 1. The summed E-state index contributed by atoms with van der Waals surface area (Å²) in [6.45, 7) is 4.84. The molecule has 0 spiro atoms. The van der Waals surface area contributed by atoms with E-state index in [0.717, 1.165) is 6.20 Å². The highest BCUT2D eigenvalue weighted by Gasteiger charge is 2.23. The number of amides is 1. The van der Waals surface area contributed by atoms with Crippen LogP contribution in [0.4, 0.5) is 4.79 Å². The number of hydrogen-bond acceptors (Lipinski definition) is 6. The van der Waals surface area contributed by atoms with Crippen molar-refractivity contribution in [1.82, 2.24) is 15.3 Å². The molecule has 2 atom stereocenters. The van der Waals surface area contributed by atoms with Crippen molar-refractivity contribution in [3.05, 3.63) is 28.4 Å². The van der Waals surface area contributed by atoms with Gasteiger partial charge >= 0.3 is 6.09 Å². The molecule has 1 heterocycles. The number of nitrogens with zero attached hydrogens (tertiary/aromatic N) is 1. The van der Waals surface area contributed by atoms with E-state index in [9.17, 15) is 19.8 Å². The van der Waals surface area contributed by atoms with Gasteiger partial charge in [0.2, 0.25) is 0 Å². The fourth-order valence-electron chi connectivity index (χ4n) is 1.39. The van der Waals surface area contributed by atoms with Crippen molar-refractivity contribution in [3.8, 4) is 0 Å². The molecule has 0 saturated heterocycles. The molecule has 2 unspecified atom stereocenters. The second-order valence-corrected chi connectivity index (χ2v) is 5.23. The van der Waals surface area contributed by atoms with Crippen molar-refractivity contribution in [1.29, 1.82) is 0 Å². The topological polar surface area (TPSA) is 125 Å². The third-order valence-electron chi connectivity index (χ3n) is 2.28. The van der Waals surface area contributed by atoms with E-state index >= 15 is 0 Å². The predicted molar refractivity (Wildman–Crippen MR) is 70.1 cm³/mol. The van der Waals surface area contributed by atoms with Gasteiger partial charge in [-0.05, 0) is 20.8 Å². The van der Waals surface area contributed by atoms with Gasteiger partial charge in [0.25, 0.3) is 5.56 Å². The second-order valence-electron chi connectivity index (χ2n) is 5.23. The van der Waals surface area contributed by atoms with Gasteiger partial charge in [0, 0.05) is 12.7 Å². The third kappa shape index (κ3) is 4.98. The van der Waals surface area contributed by atoms with E-state index in [1.165, 1.54) is 6.33 Å². The summed E-state index contributed by atoms with van der Waals surface area (Å²) in [5, 5.41) is 21.9. The number of H-pyrrole nitrogens is 1. The summed E-state index contributed by atoms with van der Waals surface area (Å²) < 4.78 is 4.97. The summed E-state index contributed by atoms with van der Waals surface area (Å²) in [7, 11) is 0. The molecule has 1 amide bonds. The minimum absolute atomic E-state index is 0.0778. The van der Waals surface area contributed by atoms with Crippen molar-refractivity contribution in [2.45, 2.75) is 38.6 Å². The van der Waals surface area contributed by atoms with Crippen LogP contribution in [-0.2, 0) is 4.74 Å². The Balaban J connectivity index is 2.55. The lowest BCUT2D eigenvalue weighted by Crippen LogP contribution is -2.39. The van der Waals surface area contributed by atoms with E-state index in [-0.39, 0.29) is 12.1 Å². The Kier molecular flexibility index (Phi) is 5.23. The number of aliphatic hydroxyl groups excluding tert-OH is 2. The molecular formula is C12H19N3O5. The Morgan fingerprint density at radius 3 is 2.70 bits per heavy atom. The Morgan fingerprint density at radius 2 is 2.15 bits per heavy atom. The van der Waals surface area contributed by atoms with Crippen molar-refractivity contribution in [3.63, 3.8) is 0 Å². The van der Waals surface area contributed by atoms with Crippen LogP contribution in [0, 0.1) is 0 Å². The molecule has 112 valence electrons. The fourth-order valence-corrected chi connectivity index (χ4v) is 1.39. The van der Waals surface area contributed by atoms with E-state index in [2.05, 4.69) is 15.3 Å². The maximum atomic E-state index is 11.4. The first kappa shape index (κ1) is 16.1. The maximum Gasteiger partial charge on any atom is 0.407 e. The normalized spacial score (nSPS) is 14.4. The van der Waals surface area contributed by atoms with E-state index in [1.807, 2.05) is 0 Å². The molecule has 20 heavy (non-hydrogen) atoms. The summed E-state index contributed by atoms with van der Waals surface area (Å²) in [5.41, 5.74) is -1.29. The lowest BCUT2D eigenvalue weighted by Gasteiger charge is -2.21. The molecule has 0 aliphatic rings. The molecule has 0 bridgehead atoms. The van der Waals surface area contributed by atoms with Crippen LogP contribution in [0.5, 0.6) is 0 Å². The molecule has 1 aromatic rings. The molecule has 0 aromatic carbocycles. The van der Waals surface area contributed by atoms with Gasteiger partial charge in [0.15, 0.2) is 0 Å². The summed E-state index contributed by atoms with van der Waals surface area (Å²) in [5.74, 6) is 0. The first-order valence-corrected chi connectivity index (χ1v) is 6.06. The minimum atomic E-state index is -1.46. The zero-order valence-corrected chi connectivity index (χ0v) is 11.6. The maximum absolute atomic E-state index is 11.4. The van der Waals surface area contributed by atoms with Gasteiger partial charge in [-0.2, -0.15) is 0 Å². The van der Waals surface area contributed by atoms with E-state index in [4.69, 9.17) is 4.74 Å². The van der Waals surface area contributed by atoms with Gasteiger partial charge in [-0.15, -0.1) is 0 Å². The number of ether oxygens (including phenoxy) is 1. The molecule has 1 aromatic heterocycles. The van der Waals surface area contributed by atoms with Crippen LogP contribution < -0.4 is 10.9 Å². The lowest BCUT2D eigenvalue weighted by atomic mass is 10.1. The van der Waals surface area contributed by atoms with Gasteiger partial charge in [0.1, 0.15) is 17.8 Å². The molecule has 0 radical (unpaired) electrons. The van der Waals surface area contributed by atoms with Crippen molar-refractivity contribution >= 4 is 6.09 Å². The Labute approximate surface area is 115 Å². The average molecular weight is 285 g/mol. The van der Waals surface area contributed by atoms with Gasteiger partial charge < -0.3 is 25.3 Å². The number of alkyl carbamates (subject to hydrolysis) is 1. The molecule has 0 fully saturated rings. The molecule has 8 nitrogen and oxygen atoms in total. The number of aliphatic hydroxyl groups is 2. The van der Waals surface area contributed by atoms with E-state index < -0.39 is 29.5 Å². The Bertz CT molecular complexity index is 508. The predicted octanol–water partition coefficient (Wildman–Crippen LogP) is -0.311. The summed E-state index contributed by atoms with van der Waals surface area (Å²) in [6, 6.07) is 0. The van der Waals surface area contributed by atoms with Gasteiger partial charge in [-0.3, -0.25) is 4.79 Å². The minimum Gasteiger partial charge on any atom is -0.444 e. The van der Waals surface area contributed by atoms with E-state index in [1.54, 1.807) is 20.8 Å². The largest absolute Gasteiger partial charge is 0.444 e. The standard InChI is InChI=1S/C12H19N3O5/c1-12(2,3)20-11(19)14-5-8(16)9(17)7-4-13-6-15-10(7)18/h4,6,8-9,16-17H,5H2,1-3H3,(H,14,19)(H,13,15,18). The van der Waals surface area contributed by atoms with Gasteiger partial charge in [-0.1, -0.05) is 0 Å². The third-order valence-corrected chi connectivity index (χ3v) is 2.28. The zero-order valence-electron chi connectivity index (χ0n) is 11.6. The van der Waals surface area contributed by atoms with Crippen molar-refractivity contribution < 1.29 is 19.7 Å². The number of hydrogen-bond donors (Lipinski definition) is 4. The van der Waals surface area contributed by atoms with Crippen LogP contribution >= 0.6 is 0 Å². The van der Waals surface area contributed by atoms with Crippen LogP contribution in [0.1, 0.15) is 32.4 Å². The van der Waals surface area contributed by atoms with Gasteiger partial charge in [-0.25, -0.2) is 9.78 Å². The first-order valence-electron chi connectivity index (χ1n) is 6.06. The zero-order chi connectivity index (χ0) is 15.3. The van der Waals surface area contributed by atoms with Crippen LogP contribution in [0.3, 0.4) is 0 Å². The number of aromatic nitrogens is 2. The lowest BCUT2D eigenvalue weighted by molar-refractivity contribution is 0.0121. The number of rotatable bonds is 4. The Hall–Kier alpha value is -1.93. The smallest absolute Gasteiger partial charge is 0.407 e. The quantitative estimate of drug-likeness (QED) is 0.601. The highest BCUT2D eigenvalue weighted by Crippen LogP contribution is 2.11. The number of aromatic amines is 1. The van der Waals surface area contributed by atoms with Crippen LogP contribution in [0.15, 0.2) is 17.3 Å². The van der Waals surface area contributed by atoms with E-state index in [0.29, 0.717) is 0 Å². The molecule has 0 saturated carbocycles. The van der Waals surface area contributed by atoms with Crippen LogP contribution in [-0.4, -0.2) is 44.5 Å². The average Bonchev–Trinajstić information content (AvgIpc) is 2.33. The second kappa shape index (κ2) is 6.49. The first-order chi connectivity index (χ1) is 9.20. The Morgan fingerprint density at radius 1 is 1.50 bits per heavy atom.